The maximum atomic E-state index is 5.32. The van der Waals surface area contributed by atoms with Crippen LogP contribution in [0.15, 0.2) is 55.6 Å². The summed E-state index contributed by atoms with van der Waals surface area (Å²) in [6.07, 6.45) is 13.4. The topological polar surface area (TPSA) is 8.81 Å². The number of terminal acetylenes is 1. The quantitative estimate of drug-likeness (QED) is 0.426. The first kappa shape index (κ1) is 11.2. The lowest BCUT2D eigenvalue weighted by Crippen LogP contribution is -2.31. The number of hydrogen-bond acceptors (Lipinski definition) is 0. The second kappa shape index (κ2) is 5.18. The molecule has 0 unspecified atom stereocenters. The van der Waals surface area contributed by atoms with Gasteiger partial charge in [-0.1, -0.05) is 30.7 Å². The molecule has 0 atom stereocenters. The predicted octanol–water partition coefficient (Wildman–Crippen LogP) is 1.99. The number of rotatable bonds is 4. The smallest absolute Gasteiger partial charge is 0.233 e. The van der Waals surface area contributed by atoms with Crippen LogP contribution in [-0.2, 0) is 13.1 Å². The van der Waals surface area contributed by atoms with Crippen LogP contribution in [0, 0.1) is 12.3 Å². The summed E-state index contributed by atoms with van der Waals surface area (Å²) in [6.45, 7) is 5.41. The number of benzene rings is 1. The lowest BCUT2D eigenvalue weighted by molar-refractivity contribution is -0.687. The third-order valence-electron chi connectivity index (χ3n) is 2.57. The highest BCUT2D eigenvalue weighted by atomic mass is 15.1. The summed E-state index contributed by atoms with van der Waals surface area (Å²) in [7, 11) is 0. The fourth-order valence-electron chi connectivity index (χ4n) is 1.71. The van der Waals surface area contributed by atoms with Crippen molar-refractivity contribution < 1.29 is 4.57 Å². The minimum absolute atomic E-state index is 0.836. The SMILES string of the molecule is C#Cc1ccc(C[n+]2ccn(CC=C)c2)cc1. The van der Waals surface area contributed by atoms with Crippen molar-refractivity contribution in [3.63, 3.8) is 0 Å². The van der Waals surface area contributed by atoms with E-state index >= 15 is 0 Å². The van der Waals surface area contributed by atoms with Gasteiger partial charge in [0.25, 0.3) is 0 Å². The van der Waals surface area contributed by atoms with Crippen LogP contribution in [0.4, 0.5) is 0 Å². The van der Waals surface area contributed by atoms with Gasteiger partial charge in [0.15, 0.2) is 0 Å². The van der Waals surface area contributed by atoms with Gasteiger partial charge in [-0.3, -0.25) is 0 Å². The molecule has 0 radical (unpaired) electrons. The summed E-state index contributed by atoms with van der Waals surface area (Å²) < 4.78 is 4.22. The van der Waals surface area contributed by atoms with Gasteiger partial charge in [0, 0.05) is 5.56 Å². The predicted molar refractivity (Wildman–Crippen MR) is 68.3 cm³/mol. The Morgan fingerprint density at radius 1 is 1.35 bits per heavy atom. The van der Waals surface area contributed by atoms with Crippen LogP contribution in [0.25, 0.3) is 0 Å². The van der Waals surface area contributed by atoms with Gasteiger partial charge in [0.2, 0.25) is 6.33 Å². The van der Waals surface area contributed by atoms with Gasteiger partial charge in [-0.2, -0.15) is 0 Å². The van der Waals surface area contributed by atoms with Crippen molar-refractivity contribution in [3.05, 3.63) is 66.8 Å². The Morgan fingerprint density at radius 2 is 2.12 bits per heavy atom. The zero-order chi connectivity index (χ0) is 12.1. The van der Waals surface area contributed by atoms with Crippen LogP contribution in [0.1, 0.15) is 11.1 Å². The molecule has 2 nitrogen and oxygen atoms in total. The Morgan fingerprint density at radius 3 is 2.76 bits per heavy atom. The fourth-order valence-corrected chi connectivity index (χ4v) is 1.71. The van der Waals surface area contributed by atoms with Gasteiger partial charge in [-0.25, -0.2) is 9.13 Å². The molecule has 17 heavy (non-hydrogen) atoms. The van der Waals surface area contributed by atoms with Gasteiger partial charge in [-0.05, 0) is 17.7 Å². The van der Waals surface area contributed by atoms with E-state index in [9.17, 15) is 0 Å². The maximum absolute atomic E-state index is 5.32. The molecule has 2 aromatic rings. The lowest BCUT2D eigenvalue weighted by Gasteiger charge is -1.98. The van der Waals surface area contributed by atoms with E-state index in [4.69, 9.17) is 6.42 Å². The van der Waals surface area contributed by atoms with Crippen molar-refractivity contribution in [3.8, 4) is 12.3 Å². The highest BCUT2D eigenvalue weighted by Crippen LogP contribution is 2.02. The Balaban J connectivity index is 2.08. The Bertz CT molecular complexity index is 541. The van der Waals surface area contributed by atoms with Crippen LogP contribution in [0.5, 0.6) is 0 Å². The minimum atomic E-state index is 0.836. The molecule has 0 aliphatic carbocycles. The van der Waals surface area contributed by atoms with E-state index in [-0.39, 0.29) is 0 Å². The molecular formula is C15H15N2+. The van der Waals surface area contributed by atoms with Crippen LogP contribution < -0.4 is 4.57 Å². The number of allylic oxidation sites excluding steroid dienone is 1. The fraction of sp³-hybridized carbons (Fsp3) is 0.133. The van der Waals surface area contributed by atoms with Gasteiger partial charge in [0.1, 0.15) is 25.5 Å². The van der Waals surface area contributed by atoms with Crippen molar-refractivity contribution in [2.45, 2.75) is 13.1 Å². The summed E-state index contributed by atoms with van der Waals surface area (Å²) in [5, 5.41) is 0. The Kier molecular flexibility index (Phi) is 3.42. The van der Waals surface area contributed by atoms with E-state index in [1.165, 1.54) is 5.56 Å². The monoisotopic (exact) mass is 223 g/mol. The summed E-state index contributed by atoms with van der Waals surface area (Å²) in [5.74, 6) is 2.62. The number of imidazole rings is 1. The molecule has 0 N–H and O–H groups in total. The van der Waals surface area contributed by atoms with Gasteiger partial charge >= 0.3 is 0 Å². The standard InChI is InChI=1S/C15H15N2/c1-3-9-16-10-11-17(13-16)12-15-7-5-14(4-2)6-8-15/h2-3,5-8,10-11,13H,1,9,12H2/q+1. The van der Waals surface area contributed by atoms with Crippen molar-refractivity contribution in [2.75, 3.05) is 0 Å². The highest BCUT2D eigenvalue weighted by molar-refractivity contribution is 5.33. The van der Waals surface area contributed by atoms with Crippen LogP contribution in [0.3, 0.4) is 0 Å². The third-order valence-corrected chi connectivity index (χ3v) is 2.57. The number of aromatic nitrogens is 2. The average Bonchev–Trinajstić information content (AvgIpc) is 2.78. The molecule has 1 aromatic carbocycles. The summed E-state index contributed by atoms with van der Waals surface area (Å²) in [5.41, 5.74) is 2.16. The first-order chi connectivity index (χ1) is 8.31. The van der Waals surface area contributed by atoms with Crippen molar-refractivity contribution in [1.29, 1.82) is 0 Å². The van der Waals surface area contributed by atoms with E-state index in [2.05, 4.69) is 46.3 Å². The minimum Gasteiger partial charge on any atom is -0.233 e. The number of hydrogen-bond donors (Lipinski definition) is 0. The largest absolute Gasteiger partial charge is 0.244 e. The zero-order valence-electron chi connectivity index (χ0n) is 9.71. The normalized spacial score (nSPS) is 9.82. The number of nitrogens with zero attached hydrogens (tertiary/aromatic N) is 2. The molecule has 1 aromatic heterocycles. The second-order valence-electron chi connectivity index (χ2n) is 3.91. The summed E-state index contributed by atoms with van der Waals surface area (Å²) in [6, 6.07) is 8.06. The lowest BCUT2D eigenvalue weighted by atomic mass is 10.1. The molecule has 0 amide bonds. The van der Waals surface area contributed by atoms with Gasteiger partial charge in [-0.15, -0.1) is 6.42 Å². The van der Waals surface area contributed by atoms with E-state index in [0.29, 0.717) is 0 Å². The molecule has 0 saturated carbocycles. The van der Waals surface area contributed by atoms with E-state index < -0.39 is 0 Å². The third kappa shape index (κ3) is 2.85. The van der Waals surface area contributed by atoms with Crippen molar-refractivity contribution in [2.24, 2.45) is 0 Å². The molecule has 0 saturated heterocycles. The van der Waals surface area contributed by atoms with Crippen molar-refractivity contribution >= 4 is 0 Å². The zero-order valence-corrected chi connectivity index (χ0v) is 9.71. The molecular weight excluding hydrogens is 208 g/mol. The van der Waals surface area contributed by atoms with Gasteiger partial charge in [0.05, 0.1) is 0 Å². The molecule has 84 valence electrons. The molecule has 1 heterocycles. The van der Waals surface area contributed by atoms with Crippen LogP contribution in [0.2, 0.25) is 0 Å². The maximum Gasteiger partial charge on any atom is 0.244 e. The first-order valence-electron chi connectivity index (χ1n) is 5.53. The molecule has 0 bridgehead atoms. The molecule has 0 aliphatic heterocycles. The highest BCUT2D eigenvalue weighted by Gasteiger charge is 2.03. The Hall–Kier alpha value is -2.27. The van der Waals surface area contributed by atoms with Crippen LogP contribution in [-0.4, -0.2) is 4.57 Å². The molecule has 2 rings (SSSR count). The first-order valence-corrected chi connectivity index (χ1v) is 5.53. The average molecular weight is 223 g/mol. The molecule has 0 aliphatic rings. The molecule has 0 fully saturated rings. The van der Waals surface area contributed by atoms with Crippen LogP contribution >= 0.6 is 0 Å². The van der Waals surface area contributed by atoms with Crippen molar-refractivity contribution in [1.82, 2.24) is 4.57 Å². The second-order valence-corrected chi connectivity index (χ2v) is 3.91. The van der Waals surface area contributed by atoms with E-state index in [0.717, 1.165) is 18.7 Å². The summed E-state index contributed by atoms with van der Waals surface area (Å²) >= 11 is 0. The van der Waals surface area contributed by atoms with Gasteiger partial charge < -0.3 is 0 Å². The molecule has 2 heteroatoms. The van der Waals surface area contributed by atoms with E-state index in [1.807, 2.05) is 24.4 Å². The molecule has 0 spiro atoms. The van der Waals surface area contributed by atoms with E-state index in [1.54, 1.807) is 0 Å². The summed E-state index contributed by atoms with van der Waals surface area (Å²) in [4.78, 5) is 0. The Labute approximate surface area is 102 Å².